The van der Waals surface area contributed by atoms with Gasteiger partial charge in [0, 0.05) is 0 Å². The average molecular weight is 109 g/mol. The summed E-state index contributed by atoms with van der Waals surface area (Å²) in [6, 6.07) is 0. The van der Waals surface area contributed by atoms with Crippen molar-refractivity contribution in [1.29, 1.82) is 0 Å². The largest absolute Gasteiger partial charge is 0.368 e. The summed E-state index contributed by atoms with van der Waals surface area (Å²) in [6.45, 7) is 2.14. The molecular weight excluding hydrogens is 98.1 g/mol. The summed E-state index contributed by atoms with van der Waals surface area (Å²) in [5.41, 5.74) is 1.43. The van der Waals surface area contributed by atoms with E-state index < -0.39 is 0 Å². The van der Waals surface area contributed by atoms with Gasteiger partial charge < -0.3 is 5.32 Å². The molecule has 0 fully saturated rings. The van der Waals surface area contributed by atoms with Crippen molar-refractivity contribution in [3.8, 4) is 0 Å². The molecule has 1 heterocycles. The van der Waals surface area contributed by atoms with Crippen molar-refractivity contribution in [3.05, 3.63) is 24.0 Å². The van der Waals surface area contributed by atoms with Crippen molar-refractivity contribution < 1.29 is 0 Å². The molecule has 0 unspecified atom stereocenters. The van der Waals surface area contributed by atoms with Gasteiger partial charge in [-0.1, -0.05) is 11.6 Å². The Morgan fingerprint density at radius 2 is 2.50 bits per heavy atom. The first kappa shape index (κ1) is 5.42. The highest BCUT2D eigenvalue weighted by atomic mass is 14.8. The molecule has 0 aromatic heterocycles. The second-order valence-corrected chi connectivity index (χ2v) is 2.10. The SMILES string of the molecule is CC1=CNC=CCC1. The Bertz CT molecular complexity index is 122. The second-order valence-electron chi connectivity index (χ2n) is 2.10. The lowest BCUT2D eigenvalue weighted by atomic mass is 10.2. The van der Waals surface area contributed by atoms with Crippen LogP contribution >= 0.6 is 0 Å². The van der Waals surface area contributed by atoms with Crippen LogP contribution in [0.1, 0.15) is 19.8 Å². The van der Waals surface area contributed by atoms with Crippen LogP contribution in [0.3, 0.4) is 0 Å². The zero-order valence-corrected chi connectivity index (χ0v) is 5.15. The fourth-order valence-electron chi connectivity index (χ4n) is 0.725. The van der Waals surface area contributed by atoms with E-state index in [1.165, 1.54) is 18.4 Å². The third-order valence-corrected chi connectivity index (χ3v) is 1.25. The minimum atomic E-state index is 1.18. The fraction of sp³-hybridized carbons (Fsp3) is 0.429. The summed E-state index contributed by atoms with van der Waals surface area (Å²) < 4.78 is 0. The van der Waals surface area contributed by atoms with Crippen LogP contribution in [0.4, 0.5) is 0 Å². The average Bonchev–Trinajstić information content (AvgIpc) is 1.94. The van der Waals surface area contributed by atoms with Gasteiger partial charge in [-0.05, 0) is 32.2 Å². The first-order valence-corrected chi connectivity index (χ1v) is 2.96. The second kappa shape index (κ2) is 2.55. The highest BCUT2D eigenvalue weighted by Crippen LogP contribution is 2.04. The minimum Gasteiger partial charge on any atom is -0.368 e. The van der Waals surface area contributed by atoms with E-state index in [-0.39, 0.29) is 0 Å². The van der Waals surface area contributed by atoms with Gasteiger partial charge in [-0.15, -0.1) is 0 Å². The molecule has 0 amide bonds. The maximum absolute atomic E-state index is 3.05. The van der Waals surface area contributed by atoms with E-state index in [9.17, 15) is 0 Å². The number of nitrogens with one attached hydrogen (secondary N) is 1. The van der Waals surface area contributed by atoms with Gasteiger partial charge in [0.15, 0.2) is 0 Å². The van der Waals surface area contributed by atoms with E-state index in [0.29, 0.717) is 0 Å². The number of rotatable bonds is 0. The van der Waals surface area contributed by atoms with Crippen LogP contribution in [-0.2, 0) is 0 Å². The van der Waals surface area contributed by atoms with Gasteiger partial charge in [-0.2, -0.15) is 0 Å². The van der Waals surface area contributed by atoms with Gasteiger partial charge in [0.2, 0.25) is 0 Å². The third-order valence-electron chi connectivity index (χ3n) is 1.25. The van der Waals surface area contributed by atoms with Gasteiger partial charge in [0.1, 0.15) is 0 Å². The smallest absolute Gasteiger partial charge is 0.000642 e. The molecule has 0 spiro atoms. The Morgan fingerprint density at radius 3 is 3.38 bits per heavy atom. The zero-order chi connectivity index (χ0) is 5.82. The van der Waals surface area contributed by atoms with E-state index in [1.807, 2.05) is 12.4 Å². The first-order chi connectivity index (χ1) is 3.89. The molecule has 1 nitrogen and oxygen atoms in total. The molecule has 1 aliphatic heterocycles. The molecule has 0 bridgehead atoms. The van der Waals surface area contributed by atoms with Crippen LogP contribution < -0.4 is 5.32 Å². The van der Waals surface area contributed by atoms with E-state index in [2.05, 4.69) is 18.3 Å². The molecule has 8 heavy (non-hydrogen) atoms. The predicted molar refractivity (Wildman–Crippen MR) is 35.3 cm³/mol. The topological polar surface area (TPSA) is 12.0 Å². The molecule has 1 rings (SSSR count). The summed E-state index contributed by atoms with van der Waals surface area (Å²) >= 11 is 0. The Morgan fingerprint density at radius 1 is 1.62 bits per heavy atom. The van der Waals surface area contributed by atoms with E-state index >= 15 is 0 Å². The lowest BCUT2D eigenvalue weighted by molar-refractivity contribution is 0.982. The molecule has 0 aromatic carbocycles. The van der Waals surface area contributed by atoms with Gasteiger partial charge in [0.05, 0.1) is 0 Å². The maximum atomic E-state index is 3.05. The predicted octanol–water partition coefficient (Wildman–Crippen LogP) is 1.79. The molecule has 1 aliphatic rings. The van der Waals surface area contributed by atoms with Crippen LogP contribution in [0.2, 0.25) is 0 Å². The lowest BCUT2D eigenvalue weighted by Crippen LogP contribution is -1.89. The summed E-state index contributed by atoms with van der Waals surface area (Å²) in [7, 11) is 0. The number of hydrogen-bond acceptors (Lipinski definition) is 1. The summed E-state index contributed by atoms with van der Waals surface area (Å²) in [6.07, 6.45) is 8.55. The molecule has 0 saturated heterocycles. The van der Waals surface area contributed by atoms with Crippen molar-refractivity contribution in [2.45, 2.75) is 19.8 Å². The Balaban J connectivity index is 2.48. The fourth-order valence-corrected chi connectivity index (χ4v) is 0.725. The highest BCUT2D eigenvalue weighted by molar-refractivity contribution is 5.04. The van der Waals surface area contributed by atoms with Crippen LogP contribution in [-0.4, -0.2) is 0 Å². The molecular formula is C7H11N. The van der Waals surface area contributed by atoms with Crippen LogP contribution in [0.25, 0.3) is 0 Å². The Hall–Kier alpha value is -0.720. The van der Waals surface area contributed by atoms with Crippen molar-refractivity contribution in [2.24, 2.45) is 0 Å². The van der Waals surface area contributed by atoms with Crippen LogP contribution in [0.5, 0.6) is 0 Å². The normalized spacial score (nSPS) is 18.9. The standard InChI is InChI=1S/C7H11N/c1-7-4-2-3-5-8-6-7/h3,5-6,8H,2,4H2,1H3. The number of hydrogen-bond donors (Lipinski definition) is 1. The first-order valence-electron chi connectivity index (χ1n) is 2.96. The molecule has 0 aromatic rings. The zero-order valence-electron chi connectivity index (χ0n) is 5.15. The van der Waals surface area contributed by atoms with Crippen molar-refractivity contribution >= 4 is 0 Å². The summed E-state index contributed by atoms with van der Waals surface area (Å²) in [5, 5.41) is 3.05. The van der Waals surface area contributed by atoms with E-state index in [4.69, 9.17) is 0 Å². The number of allylic oxidation sites excluding steroid dienone is 2. The molecule has 1 N–H and O–H groups in total. The minimum absolute atomic E-state index is 1.18. The molecule has 44 valence electrons. The van der Waals surface area contributed by atoms with Crippen LogP contribution in [0.15, 0.2) is 24.0 Å². The Labute approximate surface area is 50.1 Å². The van der Waals surface area contributed by atoms with Crippen molar-refractivity contribution in [2.75, 3.05) is 0 Å². The van der Waals surface area contributed by atoms with Crippen LogP contribution in [0, 0.1) is 0 Å². The summed E-state index contributed by atoms with van der Waals surface area (Å²) in [4.78, 5) is 0. The molecule has 0 atom stereocenters. The van der Waals surface area contributed by atoms with Gasteiger partial charge in [-0.25, -0.2) is 0 Å². The van der Waals surface area contributed by atoms with Crippen molar-refractivity contribution in [1.82, 2.24) is 5.32 Å². The maximum Gasteiger partial charge on any atom is -0.000642 e. The molecule has 0 radical (unpaired) electrons. The van der Waals surface area contributed by atoms with E-state index in [0.717, 1.165) is 0 Å². The highest BCUT2D eigenvalue weighted by Gasteiger charge is 1.88. The van der Waals surface area contributed by atoms with Gasteiger partial charge >= 0.3 is 0 Å². The lowest BCUT2D eigenvalue weighted by Gasteiger charge is -1.90. The van der Waals surface area contributed by atoms with Gasteiger partial charge in [-0.3, -0.25) is 0 Å². The van der Waals surface area contributed by atoms with Crippen molar-refractivity contribution in [3.63, 3.8) is 0 Å². The van der Waals surface area contributed by atoms with E-state index in [1.54, 1.807) is 0 Å². The monoisotopic (exact) mass is 109 g/mol. The molecule has 0 saturated carbocycles. The quantitative estimate of drug-likeness (QED) is 0.500. The van der Waals surface area contributed by atoms with Gasteiger partial charge in [0.25, 0.3) is 0 Å². The molecule has 0 aliphatic carbocycles. The summed E-state index contributed by atoms with van der Waals surface area (Å²) in [5.74, 6) is 0. The third kappa shape index (κ3) is 1.41. The Kier molecular flexibility index (Phi) is 1.73. The molecule has 1 heteroatoms.